The molecule has 1 spiro atoms. The molecule has 0 amide bonds. The lowest BCUT2D eigenvalue weighted by atomic mass is 9.79. The number of rotatable bonds is 2. The van der Waals surface area contributed by atoms with Gasteiger partial charge in [-0.15, -0.1) is 0 Å². The predicted molar refractivity (Wildman–Crippen MR) is 80.2 cm³/mol. The Morgan fingerprint density at radius 1 is 1.25 bits per heavy atom. The van der Waals surface area contributed by atoms with Crippen LogP contribution in [0.5, 0.6) is 0 Å². The minimum Gasteiger partial charge on any atom is -0.314 e. The molecule has 0 atom stereocenters. The van der Waals surface area contributed by atoms with E-state index in [-0.39, 0.29) is 11.4 Å². The molecule has 2 fully saturated rings. The van der Waals surface area contributed by atoms with Crippen LogP contribution < -0.4 is 5.32 Å². The van der Waals surface area contributed by atoms with Gasteiger partial charge < -0.3 is 5.32 Å². The minimum absolute atomic E-state index is 0.0555. The van der Waals surface area contributed by atoms with Crippen molar-refractivity contribution in [1.82, 2.24) is 10.2 Å². The topological polar surface area (TPSA) is 15.3 Å². The molecule has 1 N–H and O–H groups in total. The van der Waals surface area contributed by atoms with Gasteiger partial charge in [-0.25, -0.2) is 4.39 Å². The van der Waals surface area contributed by atoms with E-state index in [9.17, 15) is 4.39 Å². The molecule has 1 aliphatic carbocycles. The first-order chi connectivity index (χ1) is 9.70. The normalized spacial score (nSPS) is 23.1. The summed E-state index contributed by atoms with van der Waals surface area (Å²) < 4.78 is 14.0. The summed E-state index contributed by atoms with van der Waals surface area (Å²) in [6.07, 6.45) is 6.50. The molecule has 1 aliphatic heterocycles. The Labute approximate surface area is 121 Å². The fourth-order valence-corrected chi connectivity index (χ4v) is 3.86. The Bertz CT molecular complexity index is 458. The summed E-state index contributed by atoms with van der Waals surface area (Å²) in [5.74, 6) is -0.0555. The van der Waals surface area contributed by atoms with Crippen LogP contribution in [0.25, 0.3) is 0 Å². The SMILES string of the molecule is Cc1ccc(F)c(CN2CCNCC23CCCCC3)c1. The third-order valence-corrected chi connectivity index (χ3v) is 5.03. The molecular formula is C17H25FN2. The maximum atomic E-state index is 14.0. The van der Waals surface area contributed by atoms with Crippen molar-refractivity contribution in [3.05, 3.63) is 35.1 Å². The quantitative estimate of drug-likeness (QED) is 0.892. The van der Waals surface area contributed by atoms with E-state index in [1.54, 1.807) is 6.07 Å². The van der Waals surface area contributed by atoms with Crippen molar-refractivity contribution >= 4 is 0 Å². The maximum absolute atomic E-state index is 14.0. The lowest BCUT2D eigenvalue weighted by Gasteiger charge is -2.50. The maximum Gasteiger partial charge on any atom is 0.127 e. The van der Waals surface area contributed by atoms with Gasteiger partial charge in [0.15, 0.2) is 0 Å². The van der Waals surface area contributed by atoms with E-state index in [1.165, 1.54) is 32.1 Å². The van der Waals surface area contributed by atoms with Crippen molar-refractivity contribution in [2.24, 2.45) is 0 Å². The number of hydrogen-bond acceptors (Lipinski definition) is 2. The van der Waals surface area contributed by atoms with Gasteiger partial charge in [0.05, 0.1) is 0 Å². The molecule has 0 unspecified atom stereocenters. The number of halogens is 1. The molecule has 2 nitrogen and oxygen atoms in total. The van der Waals surface area contributed by atoms with Gasteiger partial charge in [0.1, 0.15) is 5.82 Å². The van der Waals surface area contributed by atoms with Crippen molar-refractivity contribution in [1.29, 1.82) is 0 Å². The van der Waals surface area contributed by atoms with Gasteiger partial charge in [-0.1, -0.05) is 37.0 Å². The van der Waals surface area contributed by atoms with Crippen LogP contribution in [-0.4, -0.2) is 30.1 Å². The highest BCUT2D eigenvalue weighted by atomic mass is 19.1. The number of piperazine rings is 1. The molecule has 2 aliphatic rings. The highest BCUT2D eigenvalue weighted by Gasteiger charge is 2.39. The molecular weight excluding hydrogens is 251 g/mol. The summed E-state index contributed by atoms with van der Waals surface area (Å²) in [6, 6.07) is 5.47. The largest absolute Gasteiger partial charge is 0.314 e. The van der Waals surface area contributed by atoms with Gasteiger partial charge in [0.2, 0.25) is 0 Å². The van der Waals surface area contributed by atoms with Gasteiger partial charge in [-0.05, 0) is 25.8 Å². The molecule has 20 heavy (non-hydrogen) atoms. The van der Waals surface area contributed by atoms with Crippen LogP contribution >= 0.6 is 0 Å². The van der Waals surface area contributed by atoms with Gasteiger partial charge in [-0.2, -0.15) is 0 Å². The van der Waals surface area contributed by atoms with Crippen molar-refractivity contribution < 1.29 is 4.39 Å². The molecule has 110 valence electrons. The Hall–Kier alpha value is -0.930. The molecule has 1 saturated heterocycles. The zero-order chi connectivity index (χ0) is 14.0. The van der Waals surface area contributed by atoms with E-state index >= 15 is 0 Å². The molecule has 1 aromatic rings. The van der Waals surface area contributed by atoms with Crippen LogP contribution in [0.2, 0.25) is 0 Å². The number of hydrogen-bond donors (Lipinski definition) is 1. The number of benzene rings is 1. The Balaban J connectivity index is 1.81. The summed E-state index contributed by atoms with van der Waals surface area (Å²) in [4.78, 5) is 2.54. The zero-order valence-corrected chi connectivity index (χ0v) is 12.4. The van der Waals surface area contributed by atoms with E-state index in [2.05, 4.69) is 10.2 Å². The van der Waals surface area contributed by atoms with Gasteiger partial charge in [0.25, 0.3) is 0 Å². The van der Waals surface area contributed by atoms with E-state index in [1.807, 2.05) is 19.1 Å². The fraction of sp³-hybridized carbons (Fsp3) is 0.647. The van der Waals surface area contributed by atoms with Crippen LogP contribution in [0.15, 0.2) is 18.2 Å². The van der Waals surface area contributed by atoms with Crippen molar-refractivity contribution in [2.45, 2.75) is 51.1 Å². The average Bonchev–Trinajstić information content (AvgIpc) is 2.46. The highest BCUT2D eigenvalue weighted by molar-refractivity contribution is 5.24. The van der Waals surface area contributed by atoms with Crippen LogP contribution in [0.3, 0.4) is 0 Å². The summed E-state index contributed by atoms with van der Waals surface area (Å²) in [7, 11) is 0. The van der Waals surface area contributed by atoms with Crippen LogP contribution in [0.1, 0.15) is 43.2 Å². The summed E-state index contributed by atoms with van der Waals surface area (Å²) in [5.41, 5.74) is 2.28. The Morgan fingerprint density at radius 2 is 2.05 bits per heavy atom. The van der Waals surface area contributed by atoms with Crippen LogP contribution in [-0.2, 0) is 6.54 Å². The van der Waals surface area contributed by atoms with Crippen molar-refractivity contribution in [3.8, 4) is 0 Å². The third-order valence-electron chi connectivity index (χ3n) is 5.03. The molecule has 3 heteroatoms. The van der Waals surface area contributed by atoms with Crippen molar-refractivity contribution in [3.63, 3.8) is 0 Å². The van der Waals surface area contributed by atoms with Gasteiger partial charge in [-0.3, -0.25) is 4.90 Å². The molecule has 0 aromatic heterocycles. The molecule has 3 rings (SSSR count). The lowest BCUT2D eigenvalue weighted by Crippen LogP contribution is -2.61. The van der Waals surface area contributed by atoms with E-state index in [4.69, 9.17) is 0 Å². The molecule has 0 radical (unpaired) electrons. The van der Waals surface area contributed by atoms with E-state index in [0.29, 0.717) is 0 Å². The smallest absolute Gasteiger partial charge is 0.127 e. The zero-order valence-electron chi connectivity index (χ0n) is 12.4. The molecule has 1 saturated carbocycles. The third kappa shape index (κ3) is 2.75. The molecule has 1 aromatic carbocycles. The van der Waals surface area contributed by atoms with E-state index in [0.717, 1.165) is 37.3 Å². The second-order valence-corrected chi connectivity index (χ2v) is 6.48. The van der Waals surface area contributed by atoms with Gasteiger partial charge >= 0.3 is 0 Å². The minimum atomic E-state index is -0.0555. The fourth-order valence-electron chi connectivity index (χ4n) is 3.86. The first-order valence-electron chi connectivity index (χ1n) is 7.90. The van der Waals surface area contributed by atoms with Crippen LogP contribution in [0, 0.1) is 12.7 Å². The first-order valence-corrected chi connectivity index (χ1v) is 7.90. The lowest BCUT2D eigenvalue weighted by molar-refractivity contribution is 0.0201. The van der Waals surface area contributed by atoms with Crippen LogP contribution in [0.4, 0.5) is 4.39 Å². The Morgan fingerprint density at radius 3 is 2.85 bits per heavy atom. The standard InChI is InChI=1S/C17H25FN2/c1-14-5-6-16(18)15(11-14)12-20-10-9-19-13-17(20)7-3-2-4-8-17/h5-6,11,19H,2-4,7-10,12-13H2,1H3. The number of nitrogens with one attached hydrogen (secondary N) is 1. The molecule has 1 heterocycles. The molecule has 0 bridgehead atoms. The number of aryl methyl sites for hydroxylation is 1. The summed E-state index contributed by atoms with van der Waals surface area (Å²) in [5, 5.41) is 3.55. The highest BCUT2D eigenvalue weighted by Crippen LogP contribution is 2.35. The summed E-state index contributed by atoms with van der Waals surface area (Å²) >= 11 is 0. The van der Waals surface area contributed by atoms with Gasteiger partial charge in [0, 0.05) is 37.3 Å². The predicted octanol–water partition coefficient (Wildman–Crippen LogP) is 3.24. The second kappa shape index (κ2) is 5.82. The number of nitrogens with zero attached hydrogens (tertiary/aromatic N) is 1. The van der Waals surface area contributed by atoms with Crippen molar-refractivity contribution in [2.75, 3.05) is 19.6 Å². The Kier molecular flexibility index (Phi) is 4.08. The first kappa shape index (κ1) is 14.0. The average molecular weight is 276 g/mol. The van der Waals surface area contributed by atoms with E-state index < -0.39 is 0 Å². The monoisotopic (exact) mass is 276 g/mol. The summed E-state index contributed by atoms with van der Waals surface area (Å²) in [6.45, 7) is 5.93. The second-order valence-electron chi connectivity index (χ2n) is 6.48.